The number of aliphatic hydroxyl groups is 1. The second-order valence-electron chi connectivity index (χ2n) is 3.62. The Balaban J connectivity index is 2.14. The van der Waals surface area contributed by atoms with E-state index in [0.717, 1.165) is 0 Å². The van der Waals surface area contributed by atoms with Crippen LogP contribution in [0.2, 0.25) is 0 Å². The van der Waals surface area contributed by atoms with Crippen molar-refractivity contribution in [3.05, 3.63) is 30.1 Å². The molecule has 1 unspecified atom stereocenters. The fourth-order valence-corrected chi connectivity index (χ4v) is 1.23. The molecule has 5 heteroatoms. The molecule has 1 aromatic rings. The minimum absolute atomic E-state index is 0.172. The summed E-state index contributed by atoms with van der Waals surface area (Å²) in [6.07, 6.45) is -0.600. The summed E-state index contributed by atoms with van der Waals surface area (Å²) in [5.41, 5.74) is 0. The zero-order valence-electron chi connectivity index (χ0n) is 9.86. The first kappa shape index (κ1) is 13.9. The summed E-state index contributed by atoms with van der Waals surface area (Å²) in [4.78, 5) is 0. The molecular weight excluding hydrogens is 225 g/mol. The fourth-order valence-electron chi connectivity index (χ4n) is 1.23. The van der Waals surface area contributed by atoms with Gasteiger partial charge in [0, 0.05) is 20.2 Å². The lowest BCUT2D eigenvalue weighted by molar-refractivity contribution is 0.103. The van der Waals surface area contributed by atoms with Gasteiger partial charge in [0.15, 0.2) is 0 Å². The highest BCUT2D eigenvalue weighted by Gasteiger charge is 2.04. The zero-order chi connectivity index (χ0) is 12.5. The molecule has 0 spiro atoms. The SMILES string of the molecule is COCCNCC(O)COc1ccc(F)cc1. The predicted molar refractivity (Wildman–Crippen MR) is 62.6 cm³/mol. The van der Waals surface area contributed by atoms with Gasteiger partial charge in [-0.05, 0) is 24.3 Å². The Morgan fingerprint density at radius 3 is 2.71 bits per heavy atom. The van der Waals surface area contributed by atoms with Crippen LogP contribution in [0.15, 0.2) is 24.3 Å². The molecular formula is C12H18FNO3. The van der Waals surface area contributed by atoms with Gasteiger partial charge in [-0.3, -0.25) is 0 Å². The quantitative estimate of drug-likeness (QED) is 0.663. The van der Waals surface area contributed by atoms with Gasteiger partial charge < -0.3 is 19.9 Å². The number of hydrogen-bond donors (Lipinski definition) is 2. The Bertz CT molecular complexity index is 305. The highest BCUT2D eigenvalue weighted by molar-refractivity contribution is 5.22. The van der Waals surface area contributed by atoms with Gasteiger partial charge in [-0.25, -0.2) is 4.39 Å². The zero-order valence-corrected chi connectivity index (χ0v) is 9.86. The third kappa shape index (κ3) is 6.21. The number of hydrogen-bond acceptors (Lipinski definition) is 4. The largest absolute Gasteiger partial charge is 0.491 e. The number of nitrogens with one attached hydrogen (secondary N) is 1. The number of aliphatic hydroxyl groups excluding tert-OH is 1. The molecule has 0 radical (unpaired) electrons. The van der Waals surface area contributed by atoms with Crippen molar-refractivity contribution in [1.29, 1.82) is 0 Å². The van der Waals surface area contributed by atoms with Crippen LogP contribution in [0.3, 0.4) is 0 Å². The Hall–Kier alpha value is -1.17. The van der Waals surface area contributed by atoms with Gasteiger partial charge in [-0.15, -0.1) is 0 Å². The van der Waals surface area contributed by atoms with Gasteiger partial charge in [-0.1, -0.05) is 0 Å². The highest BCUT2D eigenvalue weighted by Crippen LogP contribution is 2.10. The van der Waals surface area contributed by atoms with E-state index in [1.165, 1.54) is 24.3 Å². The third-order valence-electron chi connectivity index (χ3n) is 2.12. The molecule has 0 aromatic heterocycles. The monoisotopic (exact) mass is 243 g/mol. The molecule has 0 bridgehead atoms. The van der Waals surface area contributed by atoms with Crippen LogP contribution in [0.1, 0.15) is 0 Å². The van der Waals surface area contributed by atoms with Gasteiger partial charge in [0.2, 0.25) is 0 Å². The lowest BCUT2D eigenvalue weighted by Crippen LogP contribution is -2.33. The highest BCUT2D eigenvalue weighted by atomic mass is 19.1. The molecule has 0 heterocycles. The maximum Gasteiger partial charge on any atom is 0.123 e. The Labute approximate surface area is 100 Å². The summed E-state index contributed by atoms with van der Waals surface area (Å²) < 4.78 is 22.7. The number of methoxy groups -OCH3 is 1. The average molecular weight is 243 g/mol. The summed E-state index contributed by atoms with van der Waals surface area (Å²) in [7, 11) is 1.62. The molecule has 4 nitrogen and oxygen atoms in total. The van der Waals surface area contributed by atoms with Crippen molar-refractivity contribution < 1.29 is 19.0 Å². The molecule has 0 aliphatic rings. The molecule has 0 aliphatic carbocycles. The van der Waals surface area contributed by atoms with E-state index in [2.05, 4.69) is 5.32 Å². The molecule has 2 N–H and O–H groups in total. The van der Waals surface area contributed by atoms with Crippen molar-refractivity contribution in [1.82, 2.24) is 5.32 Å². The van der Waals surface area contributed by atoms with Gasteiger partial charge in [0.1, 0.15) is 24.3 Å². The van der Waals surface area contributed by atoms with E-state index in [9.17, 15) is 9.50 Å². The Morgan fingerprint density at radius 2 is 2.06 bits per heavy atom. The van der Waals surface area contributed by atoms with Gasteiger partial charge >= 0.3 is 0 Å². The molecule has 0 saturated heterocycles. The molecule has 1 atom stereocenters. The lowest BCUT2D eigenvalue weighted by atomic mass is 10.3. The predicted octanol–water partition coefficient (Wildman–Crippen LogP) is 0.801. The molecule has 1 aromatic carbocycles. The molecule has 17 heavy (non-hydrogen) atoms. The van der Waals surface area contributed by atoms with Crippen LogP contribution >= 0.6 is 0 Å². The molecule has 0 amide bonds. The third-order valence-corrected chi connectivity index (χ3v) is 2.12. The standard InChI is InChI=1S/C12H18FNO3/c1-16-7-6-14-8-11(15)9-17-12-4-2-10(13)3-5-12/h2-5,11,14-15H,6-9H2,1H3. The minimum atomic E-state index is -0.600. The first-order valence-corrected chi connectivity index (χ1v) is 5.48. The number of benzene rings is 1. The van der Waals surface area contributed by atoms with Crippen LogP contribution in [0, 0.1) is 5.82 Å². The van der Waals surface area contributed by atoms with Crippen molar-refractivity contribution in [3.63, 3.8) is 0 Å². The topological polar surface area (TPSA) is 50.7 Å². The number of rotatable bonds is 8. The van der Waals surface area contributed by atoms with E-state index in [0.29, 0.717) is 25.4 Å². The van der Waals surface area contributed by atoms with Crippen LogP contribution in [-0.2, 0) is 4.74 Å². The fraction of sp³-hybridized carbons (Fsp3) is 0.500. The van der Waals surface area contributed by atoms with E-state index in [-0.39, 0.29) is 12.4 Å². The van der Waals surface area contributed by atoms with Crippen LogP contribution in [-0.4, -0.2) is 44.6 Å². The summed E-state index contributed by atoms with van der Waals surface area (Å²) in [6.45, 7) is 1.89. The van der Waals surface area contributed by atoms with Gasteiger partial charge in [-0.2, -0.15) is 0 Å². The van der Waals surface area contributed by atoms with Crippen molar-refractivity contribution in [2.24, 2.45) is 0 Å². The summed E-state index contributed by atoms with van der Waals surface area (Å²) in [5.74, 6) is 0.237. The maximum absolute atomic E-state index is 12.6. The normalized spacial score (nSPS) is 12.4. The van der Waals surface area contributed by atoms with Crippen molar-refractivity contribution >= 4 is 0 Å². The molecule has 1 rings (SSSR count). The average Bonchev–Trinajstić information content (AvgIpc) is 2.34. The second-order valence-corrected chi connectivity index (χ2v) is 3.62. The van der Waals surface area contributed by atoms with E-state index in [1.54, 1.807) is 7.11 Å². The van der Waals surface area contributed by atoms with Crippen molar-refractivity contribution in [3.8, 4) is 5.75 Å². The van der Waals surface area contributed by atoms with Gasteiger partial charge in [0.25, 0.3) is 0 Å². The van der Waals surface area contributed by atoms with Crippen molar-refractivity contribution in [2.45, 2.75) is 6.10 Å². The lowest BCUT2D eigenvalue weighted by Gasteiger charge is -2.13. The van der Waals surface area contributed by atoms with E-state index < -0.39 is 6.10 Å². The van der Waals surface area contributed by atoms with Crippen LogP contribution < -0.4 is 10.1 Å². The van der Waals surface area contributed by atoms with Crippen LogP contribution in [0.25, 0.3) is 0 Å². The molecule has 0 aliphatic heterocycles. The summed E-state index contributed by atoms with van der Waals surface area (Å²) in [5, 5.41) is 12.6. The number of ether oxygens (including phenoxy) is 2. The second kappa shape index (κ2) is 8.00. The van der Waals surface area contributed by atoms with Crippen LogP contribution in [0.5, 0.6) is 5.75 Å². The Morgan fingerprint density at radius 1 is 1.35 bits per heavy atom. The van der Waals surface area contributed by atoms with E-state index in [1.807, 2.05) is 0 Å². The maximum atomic E-state index is 12.6. The minimum Gasteiger partial charge on any atom is -0.491 e. The molecule has 0 saturated carbocycles. The Kier molecular flexibility index (Phi) is 6.54. The van der Waals surface area contributed by atoms with Crippen LogP contribution in [0.4, 0.5) is 4.39 Å². The van der Waals surface area contributed by atoms with Gasteiger partial charge in [0.05, 0.1) is 6.61 Å². The van der Waals surface area contributed by atoms with Crippen molar-refractivity contribution in [2.75, 3.05) is 33.4 Å². The summed E-state index contributed by atoms with van der Waals surface area (Å²) >= 11 is 0. The first-order valence-electron chi connectivity index (χ1n) is 5.48. The number of halogens is 1. The first-order chi connectivity index (χ1) is 8.22. The molecule has 96 valence electrons. The van der Waals surface area contributed by atoms with E-state index >= 15 is 0 Å². The molecule has 0 fully saturated rings. The van der Waals surface area contributed by atoms with E-state index in [4.69, 9.17) is 9.47 Å². The smallest absolute Gasteiger partial charge is 0.123 e. The summed E-state index contributed by atoms with van der Waals surface area (Å²) in [6, 6.07) is 5.69.